The number of nitriles is 1. The summed E-state index contributed by atoms with van der Waals surface area (Å²) in [6, 6.07) is 2.27. The number of hydrogen-bond donors (Lipinski definition) is 1. The molecule has 19 heavy (non-hydrogen) atoms. The van der Waals surface area contributed by atoms with Gasteiger partial charge in [-0.05, 0) is 26.7 Å². The van der Waals surface area contributed by atoms with Gasteiger partial charge >= 0.3 is 5.97 Å². The topological polar surface area (TPSA) is 93.9 Å². The average molecular weight is 264 g/mol. The molecule has 6 heteroatoms. The molecule has 0 aliphatic carbocycles. The molecule has 0 atom stereocenters. The van der Waals surface area contributed by atoms with Gasteiger partial charge in [-0.2, -0.15) is 10.4 Å². The average Bonchev–Trinajstić information content (AvgIpc) is 2.75. The smallest absolute Gasteiger partial charge is 0.360 e. The highest BCUT2D eigenvalue weighted by molar-refractivity contribution is 5.92. The van der Waals surface area contributed by atoms with Crippen LogP contribution >= 0.6 is 0 Å². The molecule has 0 unspecified atom stereocenters. The van der Waals surface area contributed by atoms with E-state index >= 15 is 0 Å². The fourth-order valence-electron chi connectivity index (χ4n) is 1.70. The lowest BCUT2D eigenvalue weighted by atomic mass is 9.89. The van der Waals surface area contributed by atoms with Crippen LogP contribution in [0, 0.1) is 16.7 Å². The van der Waals surface area contributed by atoms with E-state index in [1.165, 1.54) is 7.11 Å². The molecule has 0 fully saturated rings. The van der Waals surface area contributed by atoms with Crippen molar-refractivity contribution >= 4 is 11.7 Å². The van der Waals surface area contributed by atoms with Crippen LogP contribution < -0.4 is 5.73 Å². The summed E-state index contributed by atoms with van der Waals surface area (Å²) in [7, 11) is 1.30. The van der Waals surface area contributed by atoms with Gasteiger partial charge in [0, 0.05) is 12.7 Å². The van der Waals surface area contributed by atoms with E-state index in [0.717, 1.165) is 19.3 Å². The molecule has 0 saturated heterocycles. The fraction of sp³-hybridized carbons (Fsp3) is 0.615. The second-order valence-electron chi connectivity index (χ2n) is 5.14. The minimum atomic E-state index is -0.526. The highest BCUT2D eigenvalue weighted by Crippen LogP contribution is 2.22. The minimum absolute atomic E-state index is 0.153. The first-order valence-electron chi connectivity index (χ1n) is 6.22. The Bertz CT molecular complexity index is 485. The number of rotatable bonds is 6. The van der Waals surface area contributed by atoms with Crippen molar-refractivity contribution in [3.05, 3.63) is 11.9 Å². The third-order valence-corrected chi connectivity index (χ3v) is 2.91. The number of unbranched alkanes of at least 4 members (excludes halogenated alkanes) is 1. The molecule has 104 valence electrons. The maximum atomic E-state index is 11.3. The third kappa shape index (κ3) is 4.28. The minimum Gasteiger partial charge on any atom is -0.464 e. The number of hydrogen-bond acceptors (Lipinski definition) is 5. The second-order valence-corrected chi connectivity index (χ2v) is 5.14. The van der Waals surface area contributed by atoms with Gasteiger partial charge in [-0.25, -0.2) is 4.79 Å². The summed E-state index contributed by atoms with van der Waals surface area (Å²) < 4.78 is 6.22. The maximum absolute atomic E-state index is 11.3. The molecule has 0 bridgehead atoms. The second kappa shape index (κ2) is 6.23. The molecule has 1 aromatic rings. The standard InChI is InChI=1S/C13H20N4O2/c1-13(2,9-14)6-4-5-7-17-8-10(15)11(16-17)12(18)19-3/h8H,4-7,15H2,1-3H3. The van der Waals surface area contributed by atoms with Crippen LogP contribution in [0.2, 0.25) is 0 Å². The number of carbonyl (C=O) groups is 1. The number of ether oxygens (including phenoxy) is 1. The first-order chi connectivity index (χ1) is 8.89. The van der Waals surface area contributed by atoms with Crippen LogP contribution in [0.4, 0.5) is 5.69 Å². The third-order valence-electron chi connectivity index (χ3n) is 2.91. The quantitative estimate of drug-likeness (QED) is 0.626. The van der Waals surface area contributed by atoms with E-state index in [4.69, 9.17) is 11.0 Å². The number of anilines is 1. The number of nitrogen functional groups attached to an aromatic ring is 1. The number of aromatic nitrogens is 2. The Morgan fingerprint density at radius 1 is 1.58 bits per heavy atom. The van der Waals surface area contributed by atoms with E-state index < -0.39 is 5.97 Å². The predicted octanol–water partition coefficient (Wildman–Crippen LogP) is 1.97. The Morgan fingerprint density at radius 2 is 2.26 bits per heavy atom. The zero-order valence-corrected chi connectivity index (χ0v) is 11.6. The summed E-state index contributed by atoms with van der Waals surface area (Å²) in [6.45, 7) is 4.52. The molecule has 2 N–H and O–H groups in total. The maximum Gasteiger partial charge on any atom is 0.360 e. The Balaban J connectivity index is 2.47. The van der Waals surface area contributed by atoms with Crippen LogP contribution in [-0.4, -0.2) is 22.9 Å². The molecule has 0 spiro atoms. The number of methoxy groups -OCH3 is 1. The zero-order valence-electron chi connectivity index (χ0n) is 11.6. The van der Waals surface area contributed by atoms with E-state index in [9.17, 15) is 4.79 Å². The van der Waals surface area contributed by atoms with Crippen molar-refractivity contribution in [1.29, 1.82) is 5.26 Å². The lowest BCUT2D eigenvalue weighted by molar-refractivity contribution is 0.0594. The van der Waals surface area contributed by atoms with Crippen LogP contribution in [0.3, 0.4) is 0 Å². The molecule has 0 aliphatic heterocycles. The van der Waals surface area contributed by atoms with Crippen molar-refractivity contribution < 1.29 is 9.53 Å². The summed E-state index contributed by atoms with van der Waals surface area (Å²) in [6.07, 6.45) is 4.27. The normalized spacial score (nSPS) is 11.1. The Morgan fingerprint density at radius 3 is 2.84 bits per heavy atom. The van der Waals surface area contributed by atoms with Crippen molar-refractivity contribution in [2.24, 2.45) is 5.41 Å². The van der Waals surface area contributed by atoms with Crippen LogP contribution in [0.15, 0.2) is 6.20 Å². The van der Waals surface area contributed by atoms with Crippen LogP contribution in [0.1, 0.15) is 43.6 Å². The van der Waals surface area contributed by atoms with Gasteiger partial charge in [0.15, 0.2) is 5.69 Å². The van der Waals surface area contributed by atoms with Crippen LogP contribution in [-0.2, 0) is 11.3 Å². The van der Waals surface area contributed by atoms with Crippen molar-refractivity contribution in [1.82, 2.24) is 9.78 Å². The van der Waals surface area contributed by atoms with Gasteiger partial charge in [-0.15, -0.1) is 0 Å². The van der Waals surface area contributed by atoms with E-state index in [1.807, 2.05) is 13.8 Å². The zero-order chi connectivity index (χ0) is 14.5. The van der Waals surface area contributed by atoms with Crippen LogP contribution in [0.5, 0.6) is 0 Å². The summed E-state index contributed by atoms with van der Waals surface area (Å²) in [4.78, 5) is 11.3. The summed E-state index contributed by atoms with van der Waals surface area (Å²) in [5.41, 5.74) is 5.87. The van der Waals surface area contributed by atoms with E-state index in [0.29, 0.717) is 12.2 Å². The molecule has 1 aromatic heterocycles. The summed E-state index contributed by atoms with van der Waals surface area (Å²) in [5.74, 6) is -0.526. The van der Waals surface area contributed by atoms with E-state index in [-0.39, 0.29) is 11.1 Å². The van der Waals surface area contributed by atoms with Gasteiger partial charge in [-0.3, -0.25) is 4.68 Å². The van der Waals surface area contributed by atoms with Gasteiger partial charge < -0.3 is 10.5 Å². The number of aryl methyl sites for hydroxylation is 1. The largest absolute Gasteiger partial charge is 0.464 e. The monoisotopic (exact) mass is 264 g/mol. The Labute approximate surface area is 113 Å². The number of nitrogens with two attached hydrogens (primary N) is 1. The number of carbonyl (C=O) groups excluding carboxylic acids is 1. The summed E-state index contributed by atoms with van der Waals surface area (Å²) in [5, 5.41) is 13.0. The van der Waals surface area contributed by atoms with Crippen molar-refractivity contribution in [3.63, 3.8) is 0 Å². The van der Waals surface area contributed by atoms with Gasteiger partial charge in [0.05, 0.1) is 24.3 Å². The highest BCUT2D eigenvalue weighted by Gasteiger charge is 2.17. The van der Waals surface area contributed by atoms with Gasteiger partial charge in [0.25, 0.3) is 0 Å². The molecule has 6 nitrogen and oxygen atoms in total. The van der Waals surface area contributed by atoms with Crippen molar-refractivity contribution in [2.75, 3.05) is 12.8 Å². The van der Waals surface area contributed by atoms with Gasteiger partial charge in [0.2, 0.25) is 0 Å². The SMILES string of the molecule is COC(=O)c1nn(CCCCC(C)(C)C#N)cc1N. The molecule has 0 aliphatic rings. The molecule has 0 amide bonds. The fourth-order valence-corrected chi connectivity index (χ4v) is 1.70. The lowest BCUT2D eigenvalue weighted by Gasteiger charge is -2.14. The highest BCUT2D eigenvalue weighted by atomic mass is 16.5. The van der Waals surface area contributed by atoms with Crippen LogP contribution in [0.25, 0.3) is 0 Å². The Kier molecular flexibility index (Phi) is 4.93. The number of nitrogens with zero attached hydrogens (tertiary/aromatic N) is 3. The summed E-state index contributed by atoms with van der Waals surface area (Å²) >= 11 is 0. The molecular weight excluding hydrogens is 244 g/mol. The van der Waals surface area contributed by atoms with Gasteiger partial charge in [-0.1, -0.05) is 6.42 Å². The van der Waals surface area contributed by atoms with E-state index in [1.54, 1.807) is 10.9 Å². The number of esters is 1. The first-order valence-corrected chi connectivity index (χ1v) is 6.22. The van der Waals surface area contributed by atoms with E-state index in [2.05, 4.69) is 15.9 Å². The lowest BCUT2D eigenvalue weighted by Crippen LogP contribution is -2.09. The Hall–Kier alpha value is -2.03. The molecule has 0 radical (unpaired) electrons. The molecule has 1 heterocycles. The predicted molar refractivity (Wildman–Crippen MR) is 71.2 cm³/mol. The molecule has 0 aromatic carbocycles. The first kappa shape index (κ1) is 15.0. The molecule has 0 saturated carbocycles. The van der Waals surface area contributed by atoms with Crippen molar-refractivity contribution in [3.8, 4) is 6.07 Å². The van der Waals surface area contributed by atoms with Crippen molar-refractivity contribution in [2.45, 2.75) is 39.7 Å². The molecular formula is C13H20N4O2. The molecule has 1 rings (SSSR count). The van der Waals surface area contributed by atoms with Gasteiger partial charge in [0.1, 0.15) is 0 Å².